The van der Waals surface area contributed by atoms with E-state index in [1.165, 1.54) is 19.2 Å². The van der Waals surface area contributed by atoms with Crippen molar-refractivity contribution >= 4 is 27.3 Å². The molecule has 0 atom stereocenters. The molecule has 8 nitrogen and oxygen atoms in total. The lowest BCUT2D eigenvalue weighted by Gasteiger charge is -2.34. The Morgan fingerprint density at radius 3 is 2.31 bits per heavy atom. The first kappa shape index (κ1) is 18.4. The lowest BCUT2D eigenvalue weighted by atomic mass is 10.2. The molecule has 1 aromatic carbocycles. The van der Waals surface area contributed by atoms with E-state index in [0.29, 0.717) is 5.69 Å². The van der Waals surface area contributed by atoms with Gasteiger partial charge in [-0.25, -0.2) is 13.1 Å². The van der Waals surface area contributed by atoms with Crippen LogP contribution in [0, 0.1) is 0 Å². The minimum absolute atomic E-state index is 0.0676. The Hall–Kier alpha value is -2.36. The molecule has 9 heteroatoms. The van der Waals surface area contributed by atoms with Gasteiger partial charge >= 0.3 is 0 Å². The number of nitrogens with one attached hydrogen (secondary N) is 2. The average molecular weight is 378 g/mol. The fraction of sp³-hybridized carbons (Fsp3) is 0.353. The zero-order valence-corrected chi connectivity index (χ0v) is 15.5. The van der Waals surface area contributed by atoms with E-state index in [-0.39, 0.29) is 10.9 Å². The maximum Gasteiger partial charge on any atom is 0.291 e. The maximum absolute atomic E-state index is 12.2. The number of benzene rings is 1. The summed E-state index contributed by atoms with van der Waals surface area (Å²) >= 11 is 0. The molecule has 1 aromatic heterocycles. The van der Waals surface area contributed by atoms with Crippen LogP contribution in [0.2, 0.25) is 0 Å². The third-order valence-electron chi connectivity index (χ3n) is 4.33. The Kier molecular flexibility index (Phi) is 5.30. The summed E-state index contributed by atoms with van der Waals surface area (Å²) < 4.78 is 30.6. The van der Waals surface area contributed by atoms with Gasteiger partial charge in [0.25, 0.3) is 15.9 Å². The zero-order chi connectivity index (χ0) is 18.7. The SMILES string of the molecule is CNS(=O)(=O)c1ccc(C(=O)Nc2ccc(N3CCN(C)CC3)cc2)o1. The molecule has 2 aromatic rings. The van der Waals surface area contributed by atoms with Gasteiger partial charge in [0.05, 0.1) is 0 Å². The van der Waals surface area contributed by atoms with Gasteiger partial charge in [-0.2, -0.15) is 0 Å². The monoisotopic (exact) mass is 378 g/mol. The first-order valence-corrected chi connectivity index (χ1v) is 9.75. The topological polar surface area (TPSA) is 94.9 Å². The van der Waals surface area contributed by atoms with Gasteiger partial charge in [-0.15, -0.1) is 0 Å². The molecule has 140 valence electrons. The van der Waals surface area contributed by atoms with Gasteiger partial charge in [0.1, 0.15) is 0 Å². The molecule has 1 aliphatic heterocycles. The van der Waals surface area contributed by atoms with E-state index in [9.17, 15) is 13.2 Å². The molecular formula is C17H22N4O4S. The normalized spacial score (nSPS) is 15.8. The molecule has 0 unspecified atom stereocenters. The Balaban J connectivity index is 1.65. The minimum Gasteiger partial charge on any atom is -0.438 e. The van der Waals surface area contributed by atoms with Crippen LogP contribution < -0.4 is 14.9 Å². The van der Waals surface area contributed by atoms with Crippen LogP contribution >= 0.6 is 0 Å². The van der Waals surface area contributed by atoms with Crippen molar-refractivity contribution in [1.29, 1.82) is 0 Å². The highest BCUT2D eigenvalue weighted by Gasteiger charge is 2.20. The largest absolute Gasteiger partial charge is 0.438 e. The molecule has 2 heterocycles. The molecule has 0 saturated carbocycles. The average Bonchev–Trinajstić information content (AvgIpc) is 3.14. The van der Waals surface area contributed by atoms with Crippen LogP contribution in [-0.2, 0) is 10.0 Å². The third-order valence-corrected chi connectivity index (χ3v) is 5.62. The molecule has 3 rings (SSSR count). The number of sulfonamides is 1. The van der Waals surface area contributed by atoms with Crippen LogP contribution in [0.25, 0.3) is 0 Å². The lowest BCUT2D eigenvalue weighted by Crippen LogP contribution is -2.44. The predicted octanol–water partition coefficient (Wildman–Crippen LogP) is 1.19. The summed E-state index contributed by atoms with van der Waals surface area (Å²) in [6.45, 7) is 3.98. The number of nitrogens with zero attached hydrogens (tertiary/aromatic N) is 2. The summed E-state index contributed by atoms with van der Waals surface area (Å²) in [5.41, 5.74) is 1.72. The highest BCUT2D eigenvalue weighted by molar-refractivity contribution is 7.89. The zero-order valence-electron chi connectivity index (χ0n) is 14.7. The molecule has 26 heavy (non-hydrogen) atoms. The number of anilines is 2. The van der Waals surface area contributed by atoms with Crippen molar-refractivity contribution in [3.05, 3.63) is 42.2 Å². The molecule has 2 N–H and O–H groups in total. The number of hydrogen-bond donors (Lipinski definition) is 2. The maximum atomic E-state index is 12.2. The van der Waals surface area contributed by atoms with Gasteiger partial charge in [-0.05, 0) is 50.5 Å². The molecule has 0 bridgehead atoms. The van der Waals surface area contributed by atoms with Crippen molar-refractivity contribution in [3.63, 3.8) is 0 Å². The number of rotatable bonds is 5. The van der Waals surface area contributed by atoms with Gasteiger partial charge in [-0.1, -0.05) is 0 Å². The Morgan fingerprint density at radius 1 is 1.04 bits per heavy atom. The second-order valence-corrected chi connectivity index (χ2v) is 7.94. The van der Waals surface area contributed by atoms with Gasteiger partial charge in [0, 0.05) is 37.6 Å². The quantitative estimate of drug-likeness (QED) is 0.812. The summed E-state index contributed by atoms with van der Waals surface area (Å²) in [5.74, 6) is -0.572. The Morgan fingerprint density at radius 2 is 1.69 bits per heavy atom. The highest BCUT2D eigenvalue weighted by atomic mass is 32.2. The molecule has 1 saturated heterocycles. The first-order chi connectivity index (χ1) is 12.4. The molecule has 1 fully saturated rings. The van der Waals surface area contributed by atoms with E-state index in [2.05, 4.69) is 26.9 Å². The fourth-order valence-electron chi connectivity index (χ4n) is 2.70. The summed E-state index contributed by atoms with van der Waals surface area (Å²) in [6, 6.07) is 10.1. The van der Waals surface area contributed by atoms with E-state index in [1.807, 2.05) is 24.3 Å². The summed E-state index contributed by atoms with van der Waals surface area (Å²) in [7, 11) is -0.325. The third kappa shape index (κ3) is 4.06. The Labute approximate surface area is 152 Å². The van der Waals surface area contributed by atoms with Crippen LogP contribution in [0.15, 0.2) is 45.9 Å². The van der Waals surface area contributed by atoms with Crippen LogP contribution in [0.3, 0.4) is 0 Å². The van der Waals surface area contributed by atoms with Crippen LogP contribution in [0.5, 0.6) is 0 Å². The number of carbonyl (C=O) groups excluding carboxylic acids is 1. The second kappa shape index (κ2) is 7.48. The van der Waals surface area contributed by atoms with Gasteiger partial charge in [0.15, 0.2) is 5.76 Å². The van der Waals surface area contributed by atoms with Gasteiger partial charge in [0.2, 0.25) is 5.09 Å². The molecule has 1 aliphatic rings. The van der Waals surface area contributed by atoms with Gasteiger partial charge in [-0.3, -0.25) is 4.79 Å². The van der Waals surface area contributed by atoms with Crippen molar-refractivity contribution in [2.75, 3.05) is 50.5 Å². The molecule has 0 radical (unpaired) electrons. The number of furan rings is 1. The van der Waals surface area contributed by atoms with Crippen molar-refractivity contribution in [2.45, 2.75) is 5.09 Å². The number of piperazine rings is 1. The number of hydrogen-bond acceptors (Lipinski definition) is 6. The van der Waals surface area contributed by atoms with Gasteiger partial charge < -0.3 is 19.5 Å². The van der Waals surface area contributed by atoms with E-state index in [4.69, 9.17) is 4.42 Å². The van der Waals surface area contributed by atoms with E-state index >= 15 is 0 Å². The van der Waals surface area contributed by atoms with E-state index < -0.39 is 15.9 Å². The van der Waals surface area contributed by atoms with Crippen molar-refractivity contribution in [1.82, 2.24) is 9.62 Å². The predicted molar refractivity (Wildman–Crippen MR) is 99.1 cm³/mol. The molecular weight excluding hydrogens is 356 g/mol. The highest BCUT2D eigenvalue weighted by Crippen LogP contribution is 2.20. The molecule has 1 amide bonds. The second-order valence-electron chi connectivity index (χ2n) is 6.12. The Bertz CT molecular complexity index is 868. The smallest absolute Gasteiger partial charge is 0.291 e. The number of carbonyl (C=O) groups is 1. The van der Waals surface area contributed by atoms with E-state index in [1.54, 1.807) is 0 Å². The summed E-state index contributed by atoms with van der Waals surface area (Å²) in [6.07, 6.45) is 0. The van der Waals surface area contributed by atoms with Crippen molar-refractivity contribution < 1.29 is 17.6 Å². The summed E-state index contributed by atoms with van der Waals surface area (Å²) in [5, 5.41) is 2.41. The molecule has 0 aliphatic carbocycles. The van der Waals surface area contributed by atoms with Crippen molar-refractivity contribution in [3.8, 4) is 0 Å². The van der Waals surface area contributed by atoms with Crippen LogP contribution in [-0.4, -0.2) is 59.5 Å². The summed E-state index contributed by atoms with van der Waals surface area (Å²) in [4.78, 5) is 16.8. The van der Waals surface area contributed by atoms with Crippen molar-refractivity contribution in [2.24, 2.45) is 0 Å². The van der Waals surface area contributed by atoms with Crippen LogP contribution in [0.1, 0.15) is 10.6 Å². The van der Waals surface area contributed by atoms with E-state index in [0.717, 1.165) is 31.9 Å². The van der Waals surface area contributed by atoms with Crippen LogP contribution in [0.4, 0.5) is 11.4 Å². The number of amides is 1. The standard InChI is InChI=1S/C17H22N4O4S/c1-18-26(23,24)16-8-7-15(25-16)17(22)19-13-3-5-14(6-4-13)21-11-9-20(2)10-12-21/h3-8,18H,9-12H2,1-2H3,(H,19,22). The minimum atomic E-state index is -3.71. The number of likely N-dealkylation sites (N-methyl/N-ethyl adjacent to an activating group) is 1. The molecule has 0 spiro atoms. The lowest BCUT2D eigenvalue weighted by molar-refractivity contribution is 0.0991. The fourth-order valence-corrected chi connectivity index (χ4v) is 3.35. The first-order valence-electron chi connectivity index (χ1n) is 8.27.